The number of rotatable bonds is 17. The number of hydrogen-bond donors (Lipinski definition) is 0. The summed E-state index contributed by atoms with van der Waals surface area (Å²) in [6.07, 6.45) is 16.8. The molecule has 0 aliphatic heterocycles. The lowest BCUT2D eigenvalue weighted by Crippen LogP contribution is -2.11. The first-order chi connectivity index (χ1) is 12.2. The molecule has 0 saturated heterocycles. The van der Waals surface area contributed by atoms with Crippen molar-refractivity contribution < 1.29 is 19.1 Å². The van der Waals surface area contributed by atoms with Gasteiger partial charge in [-0.25, -0.2) is 0 Å². The van der Waals surface area contributed by atoms with Gasteiger partial charge < -0.3 is 9.47 Å². The molecule has 4 heteroatoms. The van der Waals surface area contributed by atoms with E-state index in [-0.39, 0.29) is 24.8 Å². The molecule has 4 nitrogen and oxygen atoms in total. The molecule has 0 amide bonds. The van der Waals surface area contributed by atoms with Crippen molar-refractivity contribution in [3.05, 3.63) is 12.2 Å². The summed E-state index contributed by atoms with van der Waals surface area (Å²) in [5, 5.41) is 0. The minimum atomic E-state index is -0.313. The van der Waals surface area contributed by atoms with E-state index in [1.165, 1.54) is 38.5 Å². The number of carbonyl (C=O) groups is 2. The third-order valence-electron chi connectivity index (χ3n) is 3.96. The zero-order valence-electron chi connectivity index (χ0n) is 16.4. The monoisotopic (exact) mass is 354 g/mol. The quantitative estimate of drug-likeness (QED) is 0.190. The maximum atomic E-state index is 11.6. The molecule has 0 bridgehead atoms. The molecule has 0 spiro atoms. The molecule has 0 aliphatic rings. The Balaban J connectivity index is 3.40. The lowest BCUT2D eigenvalue weighted by Gasteiger charge is -2.05. The highest BCUT2D eigenvalue weighted by Gasteiger charge is 2.08. The number of allylic oxidation sites excluding steroid dienone is 2. The lowest BCUT2D eigenvalue weighted by atomic mass is 10.1. The lowest BCUT2D eigenvalue weighted by molar-refractivity contribution is -0.150. The number of carbonyl (C=O) groups excluding carboxylic acids is 2. The summed E-state index contributed by atoms with van der Waals surface area (Å²) >= 11 is 0. The minimum absolute atomic E-state index is 0.113. The molecule has 0 N–H and O–H groups in total. The average Bonchev–Trinajstić information content (AvgIpc) is 2.61. The third kappa shape index (κ3) is 18.9. The first kappa shape index (κ1) is 23.7. The average molecular weight is 355 g/mol. The number of unbranched alkanes of at least 4 members (excludes halogenated alkanes) is 8. The zero-order valence-corrected chi connectivity index (χ0v) is 16.4. The van der Waals surface area contributed by atoms with Gasteiger partial charge in [-0.2, -0.15) is 0 Å². The summed E-state index contributed by atoms with van der Waals surface area (Å²) in [6.45, 7) is 5.25. The molecule has 25 heavy (non-hydrogen) atoms. The summed E-state index contributed by atoms with van der Waals surface area (Å²) < 4.78 is 10.3. The van der Waals surface area contributed by atoms with E-state index in [0.717, 1.165) is 32.1 Å². The molecule has 0 aromatic carbocycles. The predicted molar refractivity (Wildman–Crippen MR) is 102 cm³/mol. The van der Waals surface area contributed by atoms with Gasteiger partial charge in [0.15, 0.2) is 0 Å². The SMILES string of the molecule is CCCC/C=C/CCCOC(=O)CCC(=O)OCCCCCCCC. The largest absolute Gasteiger partial charge is 0.466 e. The predicted octanol–water partition coefficient (Wildman–Crippen LogP) is 5.74. The van der Waals surface area contributed by atoms with E-state index in [1.54, 1.807) is 0 Å². The summed E-state index contributed by atoms with van der Waals surface area (Å²) in [6, 6.07) is 0. The van der Waals surface area contributed by atoms with Crippen LogP contribution in [0, 0.1) is 0 Å². The fourth-order valence-corrected chi connectivity index (χ4v) is 2.36. The highest BCUT2D eigenvalue weighted by Crippen LogP contribution is 2.06. The maximum absolute atomic E-state index is 11.6. The Morgan fingerprint density at radius 2 is 1.12 bits per heavy atom. The van der Waals surface area contributed by atoms with Crippen molar-refractivity contribution in [2.45, 2.75) is 97.3 Å². The molecule has 0 aliphatic carbocycles. The van der Waals surface area contributed by atoms with Crippen LogP contribution in [0.5, 0.6) is 0 Å². The fraction of sp³-hybridized carbons (Fsp3) is 0.810. The second kappa shape index (κ2) is 19.0. The van der Waals surface area contributed by atoms with Gasteiger partial charge in [-0.1, -0.05) is 70.9 Å². The van der Waals surface area contributed by atoms with E-state index in [2.05, 4.69) is 26.0 Å². The third-order valence-corrected chi connectivity index (χ3v) is 3.96. The van der Waals surface area contributed by atoms with Crippen LogP contribution in [0.25, 0.3) is 0 Å². The highest BCUT2D eigenvalue weighted by atomic mass is 16.5. The van der Waals surface area contributed by atoms with Crippen LogP contribution < -0.4 is 0 Å². The van der Waals surface area contributed by atoms with E-state index in [9.17, 15) is 9.59 Å². The van der Waals surface area contributed by atoms with E-state index in [4.69, 9.17) is 9.47 Å². The van der Waals surface area contributed by atoms with Crippen molar-refractivity contribution in [3.8, 4) is 0 Å². The Labute approximate surface area is 154 Å². The van der Waals surface area contributed by atoms with Crippen LogP contribution in [-0.2, 0) is 19.1 Å². The van der Waals surface area contributed by atoms with E-state index in [1.807, 2.05) is 0 Å². The van der Waals surface area contributed by atoms with Gasteiger partial charge >= 0.3 is 11.9 Å². The first-order valence-corrected chi connectivity index (χ1v) is 10.2. The molecule has 0 saturated carbocycles. The molecule has 0 unspecified atom stereocenters. The summed E-state index contributed by atoms with van der Waals surface area (Å²) in [4.78, 5) is 23.1. The van der Waals surface area contributed by atoms with Crippen molar-refractivity contribution in [2.75, 3.05) is 13.2 Å². The zero-order chi connectivity index (χ0) is 18.6. The van der Waals surface area contributed by atoms with Crippen molar-refractivity contribution >= 4 is 11.9 Å². The second-order valence-corrected chi connectivity index (χ2v) is 6.46. The number of esters is 2. The topological polar surface area (TPSA) is 52.6 Å². The summed E-state index contributed by atoms with van der Waals surface area (Å²) in [5.74, 6) is -0.615. The minimum Gasteiger partial charge on any atom is -0.466 e. The molecule has 0 atom stereocenters. The van der Waals surface area contributed by atoms with E-state index >= 15 is 0 Å². The van der Waals surface area contributed by atoms with Crippen molar-refractivity contribution in [1.82, 2.24) is 0 Å². The van der Waals surface area contributed by atoms with Crippen LogP contribution in [0.2, 0.25) is 0 Å². The first-order valence-electron chi connectivity index (χ1n) is 10.2. The molecule has 0 fully saturated rings. The van der Waals surface area contributed by atoms with Gasteiger partial charge in [0, 0.05) is 0 Å². The smallest absolute Gasteiger partial charge is 0.306 e. The van der Waals surface area contributed by atoms with Crippen molar-refractivity contribution in [2.24, 2.45) is 0 Å². The number of ether oxygens (including phenoxy) is 2. The van der Waals surface area contributed by atoms with Gasteiger partial charge in [-0.15, -0.1) is 0 Å². The van der Waals surface area contributed by atoms with Crippen molar-refractivity contribution in [1.29, 1.82) is 0 Å². The number of hydrogen-bond acceptors (Lipinski definition) is 4. The Bertz CT molecular complexity index is 350. The molecule has 0 rings (SSSR count). The van der Waals surface area contributed by atoms with Gasteiger partial charge in [-0.3, -0.25) is 9.59 Å². The Kier molecular flexibility index (Phi) is 18.0. The molecular weight excluding hydrogens is 316 g/mol. The molecular formula is C21H38O4. The van der Waals surface area contributed by atoms with Gasteiger partial charge in [0.05, 0.1) is 26.1 Å². The van der Waals surface area contributed by atoms with Gasteiger partial charge in [0.2, 0.25) is 0 Å². The highest BCUT2D eigenvalue weighted by molar-refractivity contribution is 5.77. The van der Waals surface area contributed by atoms with E-state index in [0.29, 0.717) is 13.2 Å². The van der Waals surface area contributed by atoms with Crippen LogP contribution in [0.1, 0.15) is 97.3 Å². The van der Waals surface area contributed by atoms with Crippen LogP contribution >= 0.6 is 0 Å². The molecule has 146 valence electrons. The molecule has 0 aromatic heterocycles. The van der Waals surface area contributed by atoms with Gasteiger partial charge in [-0.05, 0) is 25.7 Å². The van der Waals surface area contributed by atoms with E-state index < -0.39 is 0 Å². The Hall–Kier alpha value is -1.32. The van der Waals surface area contributed by atoms with Gasteiger partial charge in [0.1, 0.15) is 0 Å². The van der Waals surface area contributed by atoms with Crippen LogP contribution in [-0.4, -0.2) is 25.2 Å². The molecule has 0 heterocycles. The van der Waals surface area contributed by atoms with Crippen LogP contribution in [0.15, 0.2) is 12.2 Å². The standard InChI is InChI=1S/C21H38O4/c1-3-5-7-9-11-13-15-19-25-21(23)17-16-20(22)24-18-14-12-10-8-6-4-2/h9,11H,3-8,10,12-19H2,1-2H3/b11-9+. The van der Waals surface area contributed by atoms with Gasteiger partial charge in [0.25, 0.3) is 0 Å². The van der Waals surface area contributed by atoms with Crippen molar-refractivity contribution in [3.63, 3.8) is 0 Å². The summed E-state index contributed by atoms with van der Waals surface area (Å²) in [5.41, 5.74) is 0. The summed E-state index contributed by atoms with van der Waals surface area (Å²) in [7, 11) is 0. The van der Waals surface area contributed by atoms with Crippen LogP contribution in [0.4, 0.5) is 0 Å². The molecule has 0 aromatic rings. The molecule has 0 radical (unpaired) electrons. The Morgan fingerprint density at radius 1 is 0.640 bits per heavy atom. The second-order valence-electron chi connectivity index (χ2n) is 6.46. The Morgan fingerprint density at radius 3 is 1.72 bits per heavy atom. The fourth-order valence-electron chi connectivity index (χ4n) is 2.36. The van der Waals surface area contributed by atoms with Crippen LogP contribution in [0.3, 0.4) is 0 Å². The maximum Gasteiger partial charge on any atom is 0.306 e. The normalized spacial score (nSPS) is 11.0.